The van der Waals surface area contributed by atoms with Gasteiger partial charge >= 0.3 is 12.4 Å². The molecular weight excluding hydrogens is 921 g/mol. The second kappa shape index (κ2) is 18.5. The molecule has 6 heterocycles. The van der Waals surface area contributed by atoms with Crippen LogP contribution < -0.4 is 11.1 Å². The van der Waals surface area contributed by atoms with Gasteiger partial charge in [-0.3, -0.25) is 0 Å². The summed E-state index contributed by atoms with van der Waals surface area (Å²) in [6.07, 6.45) is -3.31. The van der Waals surface area contributed by atoms with Crippen molar-refractivity contribution in [3.05, 3.63) is 148 Å². The summed E-state index contributed by atoms with van der Waals surface area (Å²) in [5.74, 6) is 0.434. The number of halogens is 9. The van der Waals surface area contributed by atoms with E-state index in [4.69, 9.17) is 40.5 Å². The summed E-state index contributed by atoms with van der Waals surface area (Å²) in [4.78, 5) is 47.3. The van der Waals surface area contributed by atoms with E-state index < -0.39 is 23.5 Å². The van der Waals surface area contributed by atoms with E-state index >= 15 is 0 Å². The Bertz CT molecular complexity index is 3330. The molecule has 23 heteroatoms. The van der Waals surface area contributed by atoms with Crippen LogP contribution in [0, 0.1) is 0 Å². The van der Waals surface area contributed by atoms with Crippen LogP contribution in [0.4, 0.5) is 32.2 Å². The average Bonchev–Trinajstić information content (AvgIpc) is 4.00. The number of para-hydroxylation sites is 2. The van der Waals surface area contributed by atoms with E-state index in [1.165, 1.54) is 61.7 Å². The minimum absolute atomic E-state index is 0.0425. The van der Waals surface area contributed by atoms with Crippen LogP contribution in [-0.2, 0) is 25.4 Å². The summed E-state index contributed by atoms with van der Waals surface area (Å²) in [5.41, 5.74) is 8.69. The van der Waals surface area contributed by atoms with Gasteiger partial charge in [0.2, 0.25) is 0 Å². The van der Waals surface area contributed by atoms with Crippen LogP contribution >= 0.6 is 34.8 Å². The van der Waals surface area contributed by atoms with Crippen LogP contribution in [0.2, 0.25) is 15.2 Å². The van der Waals surface area contributed by atoms with Gasteiger partial charge in [-0.2, -0.15) is 26.3 Å². The first-order valence-electron chi connectivity index (χ1n) is 18.8. The Labute approximate surface area is 376 Å². The number of rotatable bonds is 6. The predicted molar refractivity (Wildman–Crippen MR) is 234 cm³/mol. The zero-order valence-corrected chi connectivity index (χ0v) is 35.0. The van der Waals surface area contributed by atoms with Crippen LogP contribution in [0.15, 0.2) is 110 Å². The maximum absolute atomic E-state index is 13.7. The number of nitrogens with zero attached hydrogens (tertiary/aromatic N) is 10. The fraction of sp³-hybridized carbons (Fsp3) is 0.0952. The number of imidazole rings is 2. The van der Waals surface area contributed by atoms with E-state index in [-0.39, 0.29) is 47.0 Å². The number of anilines is 1. The Morgan fingerprint density at radius 1 is 0.538 bits per heavy atom. The fourth-order valence-corrected chi connectivity index (χ4v) is 7.13. The van der Waals surface area contributed by atoms with E-state index in [1.54, 1.807) is 36.4 Å². The monoisotopic (exact) mass is 946 g/mol. The molecule has 328 valence electrons. The highest BCUT2D eigenvalue weighted by Gasteiger charge is 2.35. The number of benzene rings is 4. The summed E-state index contributed by atoms with van der Waals surface area (Å²) < 4.78 is 80.9. The molecule has 6 aromatic heterocycles. The highest BCUT2D eigenvalue weighted by molar-refractivity contribution is 6.35. The van der Waals surface area contributed by atoms with Crippen LogP contribution in [0.3, 0.4) is 0 Å². The van der Waals surface area contributed by atoms with Crippen LogP contribution in [0.25, 0.3) is 66.9 Å². The first-order chi connectivity index (χ1) is 31.2. The molecule has 0 radical (unpaired) electrons. The molecular formula is C42H27Cl3F6N14. The molecule has 14 nitrogen and oxygen atoms in total. The number of aromatic amines is 2. The third-order valence-electron chi connectivity index (χ3n) is 9.43. The molecule has 10 aromatic rings. The Morgan fingerprint density at radius 3 is 1.57 bits per heavy atom. The predicted octanol–water partition coefficient (Wildman–Crippen LogP) is 10.7. The standard InChI is InChI=1S/C21H13ClF3N7.C16H11ClF3N3.C5H3ClN4/c22-13-6-3-7-14-17(13)32-15(8-26-19-18-20(28-9-27-18)30-10-29-19)16(31-14)11-4-1-2-5-12(11)21(23,24)25;17-11-6-3-7-12-15(11)23-13(8-21)14(22-12)9-4-1-2-5-10(9)16(18,19)20;6-4-3-5(9-1-7-3)10-2-8-4/h1-7,9-10H,8H2,(H2,26,27,28,29,30);1-7H,8,21H2;1-2H,(H,7,8,9,10). The Morgan fingerprint density at radius 2 is 1.03 bits per heavy atom. The number of aromatic nitrogens is 12. The number of nitrogens with one attached hydrogen (secondary N) is 3. The zero-order valence-electron chi connectivity index (χ0n) is 32.8. The van der Waals surface area contributed by atoms with E-state index in [2.05, 4.69) is 65.1 Å². The summed E-state index contributed by atoms with van der Waals surface area (Å²) in [7, 11) is 0. The van der Waals surface area contributed by atoms with E-state index in [9.17, 15) is 26.3 Å². The molecule has 65 heavy (non-hydrogen) atoms. The van der Waals surface area contributed by atoms with Crippen molar-refractivity contribution in [2.75, 3.05) is 5.32 Å². The van der Waals surface area contributed by atoms with Gasteiger partial charge in [-0.1, -0.05) is 83.3 Å². The summed E-state index contributed by atoms with van der Waals surface area (Å²) in [5, 5.41) is 4.23. The lowest BCUT2D eigenvalue weighted by atomic mass is 10.0. The second-order valence-corrected chi connectivity index (χ2v) is 14.7. The van der Waals surface area contributed by atoms with Crippen LogP contribution in [-0.4, -0.2) is 59.8 Å². The van der Waals surface area contributed by atoms with Gasteiger partial charge in [0.25, 0.3) is 0 Å². The third kappa shape index (κ3) is 9.55. The summed E-state index contributed by atoms with van der Waals surface area (Å²) >= 11 is 18.0. The summed E-state index contributed by atoms with van der Waals surface area (Å²) in [6.45, 7) is -0.00346. The van der Waals surface area contributed by atoms with Crippen molar-refractivity contribution in [2.45, 2.75) is 25.4 Å². The number of hydrogen-bond acceptors (Lipinski definition) is 12. The van der Waals surface area contributed by atoms with Gasteiger partial charge in [-0.05, 0) is 36.4 Å². The maximum atomic E-state index is 13.7. The minimum atomic E-state index is -4.55. The molecule has 5 N–H and O–H groups in total. The normalized spacial score (nSPS) is 11.7. The van der Waals surface area contributed by atoms with Gasteiger partial charge in [0.1, 0.15) is 34.7 Å². The van der Waals surface area contributed by atoms with Gasteiger partial charge in [-0.15, -0.1) is 0 Å². The molecule has 0 aliphatic carbocycles. The van der Waals surface area contributed by atoms with Crippen molar-refractivity contribution in [1.82, 2.24) is 59.8 Å². The molecule has 4 aromatic carbocycles. The molecule has 0 fully saturated rings. The minimum Gasteiger partial charge on any atom is -0.362 e. The topological polar surface area (TPSA) is 199 Å². The molecule has 0 atom stereocenters. The number of hydrogen-bond donors (Lipinski definition) is 4. The van der Waals surface area contributed by atoms with Crippen molar-refractivity contribution in [2.24, 2.45) is 5.73 Å². The lowest BCUT2D eigenvalue weighted by Gasteiger charge is -2.16. The molecule has 0 aliphatic heterocycles. The third-order valence-corrected chi connectivity index (χ3v) is 10.3. The molecule has 0 bridgehead atoms. The molecule has 0 spiro atoms. The van der Waals surface area contributed by atoms with Gasteiger partial charge < -0.3 is 21.0 Å². The number of fused-ring (bicyclic) bond motifs is 4. The van der Waals surface area contributed by atoms with E-state index in [0.717, 1.165) is 12.1 Å². The quantitative estimate of drug-likeness (QED) is 0.0910. The van der Waals surface area contributed by atoms with Crippen LogP contribution in [0.1, 0.15) is 22.5 Å². The molecule has 0 unspecified atom stereocenters. The second-order valence-electron chi connectivity index (χ2n) is 13.5. The SMILES string of the molecule is Clc1ncnc2nc[nH]c12.FC(F)(F)c1ccccc1-c1nc2cccc(Cl)c2nc1CNc1ncnc2nc[nH]c12.NCc1nc2c(Cl)cccc2nc1-c1ccccc1C(F)(F)F. The van der Waals surface area contributed by atoms with Gasteiger partial charge in [-0.25, -0.2) is 49.8 Å². The van der Waals surface area contributed by atoms with Crippen molar-refractivity contribution in [3.63, 3.8) is 0 Å². The zero-order chi connectivity index (χ0) is 45.9. The Hall–Kier alpha value is -7.13. The Balaban J connectivity index is 0.000000151. The van der Waals surface area contributed by atoms with Crippen LogP contribution in [0.5, 0.6) is 0 Å². The fourth-order valence-electron chi connectivity index (χ4n) is 6.53. The number of nitrogens with two attached hydrogens (primary N) is 1. The molecule has 0 aliphatic rings. The largest absolute Gasteiger partial charge is 0.417 e. The molecule has 10 rings (SSSR count). The van der Waals surface area contributed by atoms with E-state index in [0.29, 0.717) is 65.4 Å². The van der Waals surface area contributed by atoms with Gasteiger partial charge in [0, 0.05) is 17.7 Å². The van der Waals surface area contributed by atoms with Crippen molar-refractivity contribution in [1.29, 1.82) is 0 Å². The highest BCUT2D eigenvalue weighted by Crippen LogP contribution is 2.40. The average molecular weight is 948 g/mol. The molecule has 0 saturated carbocycles. The van der Waals surface area contributed by atoms with Crippen molar-refractivity contribution in [3.8, 4) is 22.5 Å². The lowest BCUT2D eigenvalue weighted by molar-refractivity contribution is -0.137. The number of alkyl halides is 6. The van der Waals surface area contributed by atoms with Crippen molar-refractivity contribution >= 4 is 85.0 Å². The van der Waals surface area contributed by atoms with Gasteiger partial charge in [0.05, 0.1) is 74.2 Å². The number of H-pyrrole nitrogens is 2. The first-order valence-corrected chi connectivity index (χ1v) is 20.0. The summed E-state index contributed by atoms with van der Waals surface area (Å²) in [6, 6.07) is 20.4. The maximum Gasteiger partial charge on any atom is 0.417 e. The lowest BCUT2D eigenvalue weighted by Crippen LogP contribution is -2.11. The molecule has 0 saturated heterocycles. The highest BCUT2D eigenvalue weighted by atomic mass is 35.5. The van der Waals surface area contributed by atoms with E-state index in [1.807, 2.05) is 0 Å². The molecule has 0 amide bonds. The smallest absolute Gasteiger partial charge is 0.362 e. The van der Waals surface area contributed by atoms with Gasteiger partial charge in [0.15, 0.2) is 22.3 Å². The first kappa shape index (κ1) is 44.5. The Kier molecular flexibility index (Phi) is 12.7. The van der Waals surface area contributed by atoms with Crippen molar-refractivity contribution < 1.29 is 26.3 Å².